The van der Waals surface area contributed by atoms with Crippen LogP contribution in [0.3, 0.4) is 0 Å². The highest BCUT2D eigenvalue weighted by Gasteiger charge is 2.20. The molecule has 4 nitrogen and oxygen atoms in total. The molecule has 0 unspecified atom stereocenters. The molecule has 1 saturated carbocycles. The van der Waals surface area contributed by atoms with Crippen LogP contribution in [0, 0.1) is 0 Å². The third-order valence-corrected chi connectivity index (χ3v) is 3.15. The molecular weight excluding hydrogens is 190 g/mol. The lowest BCUT2D eigenvalue weighted by Crippen LogP contribution is -2.34. The molecule has 0 aliphatic heterocycles. The molecule has 0 aromatic carbocycles. The van der Waals surface area contributed by atoms with Gasteiger partial charge in [-0.25, -0.2) is 0 Å². The zero-order chi connectivity index (χ0) is 10.5. The lowest BCUT2D eigenvalue weighted by Gasteiger charge is -2.28. The summed E-state index contributed by atoms with van der Waals surface area (Å²) in [5.74, 6) is 0. The van der Waals surface area contributed by atoms with Gasteiger partial charge in [0.1, 0.15) is 0 Å². The monoisotopic (exact) mass is 209 g/mol. The fraction of sp³-hybridized carbons (Fsp3) is 0.727. The second-order valence-corrected chi connectivity index (χ2v) is 4.17. The molecule has 0 radical (unpaired) electrons. The van der Waals surface area contributed by atoms with E-state index in [2.05, 4.69) is 15.5 Å². The summed E-state index contributed by atoms with van der Waals surface area (Å²) in [4.78, 5) is 0. The number of aromatic nitrogens is 2. The van der Waals surface area contributed by atoms with E-state index in [1.54, 1.807) is 6.20 Å². The van der Waals surface area contributed by atoms with Gasteiger partial charge in [0.2, 0.25) is 0 Å². The molecule has 0 atom stereocenters. The Morgan fingerprint density at radius 1 is 1.47 bits per heavy atom. The predicted octanol–water partition coefficient (Wildman–Crippen LogP) is 1.46. The minimum atomic E-state index is 0.482. The predicted molar refractivity (Wildman–Crippen MR) is 58.5 cm³/mol. The lowest BCUT2D eigenvalue weighted by molar-refractivity contribution is 0.0623. The summed E-state index contributed by atoms with van der Waals surface area (Å²) in [6.45, 7) is 0.891. The number of aromatic amines is 1. The molecule has 0 bridgehead atoms. The Bertz CT molecular complexity index is 265. The van der Waals surface area contributed by atoms with Gasteiger partial charge < -0.3 is 10.1 Å². The van der Waals surface area contributed by atoms with Gasteiger partial charge in [-0.3, -0.25) is 5.10 Å². The summed E-state index contributed by atoms with van der Waals surface area (Å²) in [7, 11) is 1.81. The van der Waals surface area contributed by atoms with Crippen molar-refractivity contribution in [3.8, 4) is 0 Å². The first-order valence-corrected chi connectivity index (χ1v) is 5.63. The van der Waals surface area contributed by atoms with E-state index in [0.29, 0.717) is 12.1 Å². The maximum Gasteiger partial charge on any atom is 0.0572 e. The van der Waals surface area contributed by atoms with Crippen LogP contribution in [-0.4, -0.2) is 29.5 Å². The molecule has 1 aliphatic rings. The number of hydrogen-bond acceptors (Lipinski definition) is 3. The van der Waals surface area contributed by atoms with Gasteiger partial charge in [-0.15, -0.1) is 0 Å². The molecular formula is C11H19N3O. The fourth-order valence-electron chi connectivity index (χ4n) is 2.14. The van der Waals surface area contributed by atoms with Crippen LogP contribution in [0.4, 0.5) is 0 Å². The molecule has 1 heterocycles. The molecule has 0 saturated heterocycles. The van der Waals surface area contributed by atoms with Gasteiger partial charge in [0, 0.05) is 31.6 Å². The lowest BCUT2D eigenvalue weighted by atomic mass is 9.93. The van der Waals surface area contributed by atoms with E-state index in [-0.39, 0.29) is 0 Å². The van der Waals surface area contributed by atoms with Gasteiger partial charge in [0.15, 0.2) is 0 Å². The SMILES string of the molecule is COC1CCC(NCc2ccn[nH]2)CC1. The number of rotatable bonds is 4. The number of ether oxygens (including phenoxy) is 1. The molecule has 1 aliphatic carbocycles. The van der Waals surface area contributed by atoms with Crippen LogP contribution in [0.1, 0.15) is 31.4 Å². The molecule has 1 aromatic heterocycles. The van der Waals surface area contributed by atoms with E-state index >= 15 is 0 Å². The Labute approximate surface area is 90.4 Å². The van der Waals surface area contributed by atoms with Crippen molar-refractivity contribution in [3.63, 3.8) is 0 Å². The Morgan fingerprint density at radius 3 is 2.87 bits per heavy atom. The first kappa shape index (κ1) is 10.6. The molecule has 1 aromatic rings. The van der Waals surface area contributed by atoms with Crippen molar-refractivity contribution in [1.29, 1.82) is 0 Å². The van der Waals surface area contributed by atoms with E-state index in [1.807, 2.05) is 13.2 Å². The maximum absolute atomic E-state index is 5.35. The summed E-state index contributed by atoms with van der Waals surface area (Å²) < 4.78 is 5.35. The third-order valence-electron chi connectivity index (χ3n) is 3.15. The van der Waals surface area contributed by atoms with Gasteiger partial charge >= 0.3 is 0 Å². The smallest absolute Gasteiger partial charge is 0.0572 e. The molecule has 15 heavy (non-hydrogen) atoms. The van der Waals surface area contributed by atoms with Gasteiger partial charge in [-0.1, -0.05) is 0 Å². The van der Waals surface area contributed by atoms with Crippen molar-refractivity contribution < 1.29 is 4.74 Å². The Kier molecular flexibility index (Phi) is 3.75. The highest BCUT2D eigenvalue weighted by atomic mass is 16.5. The van der Waals surface area contributed by atoms with E-state index in [1.165, 1.54) is 25.7 Å². The van der Waals surface area contributed by atoms with E-state index in [0.717, 1.165) is 12.2 Å². The maximum atomic E-state index is 5.35. The van der Waals surface area contributed by atoms with Crippen LogP contribution < -0.4 is 5.32 Å². The van der Waals surface area contributed by atoms with Gasteiger partial charge in [-0.05, 0) is 31.7 Å². The van der Waals surface area contributed by atoms with E-state index < -0.39 is 0 Å². The Balaban J connectivity index is 1.69. The number of nitrogens with zero attached hydrogens (tertiary/aromatic N) is 1. The Hall–Kier alpha value is -0.870. The average Bonchev–Trinajstić information content (AvgIpc) is 2.80. The number of hydrogen-bond donors (Lipinski definition) is 2. The third kappa shape index (κ3) is 3.04. The average molecular weight is 209 g/mol. The summed E-state index contributed by atoms with van der Waals surface area (Å²) in [5.41, 5.74) is 1.16. The summed E-state index contributed by atoms with van der Waals surface area (Å²) in [6.07, 6.45) is 7.06. The standard InChI is InChI=1S/C11H19N3O/c1-15-11-4-2-9(3-5-11)12-8-10-6-7-13-14-10/h6-7,9,11-12H,2-5,8H2,1H3,(H,13,14). The fourth-order valence-corrected chi connectivity index (χ4v) is 2.14. The van der Waals surface area contributed by atoms with Gasteiger partial charge in [-0.2, -0.15) is 5.10 Å². The van der Waals surface area contributed by atoms with Gasteiger partial charge in [0.05, 0.1) is 6.10 Å². The van der Waals surface area contributed by atoms with E-state index in [4.69, 9.17) is 4.74 Å². The highest BCUT2D eigenvalue weighted by Crippen LogP contribution is 2.20. The number of nitrogens with one attached hydrogen (secondary N) is 2. The van der Waals surface area contributed by atoms with Crippen molar-refractivity contribution in [2.75, 3.05) is 7.11 Å². The van der Waals surface area contributed by atoms with Crippen LogP contribution in [0.15, 0.2) is 12.3 Å². The first-order chi connectivity index (χ1) is 7.38. The normalized spacial score (nSPS) is 26.7. The molecule has 84 valence electrons. The second-order valence-electron chi connectivity index (χ2n) is 4.17. The Morgan fingerprint density at radius 2 is 2.27 bits per heavy atom. The summed E-state index contributed by atoms with van der Waals surface area (Å²) in [5, 5.41) is 10.4. The molecule has 2 N–H and O–H groups in total. The van der Waals surface area contributed by atoms with Crippen LogP contribution in [0.25, 0.3) is 0 Å². The van der Waals surface area contributed by atoms with Crippen molar-refractivity contribution in [2.45, 2.75) is 44.4 Å². The van der Waals surface area contributed by atoms with Crippen molar-refractivity contribution >= 4 is 0 Å². The van der Waals surface area contributed by atoms with Crippen LogP contribution in [0.5, 0.6) is 0 Å². The molecule has 1 fully saturated rings. The minimum absolute atomic E-state index is 0.482. The second kappa shape index (κ2) is 5.28. The quantitative estimate of drug-likeness (QED) is 0.789. The zero-order valence-electron chi connectivity index (χ0n) is 9.20. The molecule has 0 amide bonds. The van der Waals surface area contributed by atoms with Gasteiger partial charge in [0.25, 0.3) is 0 Å². The highest BCUT2D eigenvalue weighted by molar-refractivity contribution is 4.97. The number of H-pyrrole nitrogens is 1. The molecule has 0 spiro atoms. The zero-order valence-corrected chi connectivity index (χ0v) is 9.20. The van der Waals surface area contributed by atoms with Crippen molar-refractivity contribution in [3.05, 3.63) is 18.0 Å². The summed E-state index contributed by atoms with van der Waals surface area (Å²) >= 11 is 0. The van der Waals surface area contributed by atoms with Crippen LogP contribution in [-0.2, 0) is 11.3 Å². The molecule has 4 heteroatoms. The van der Waals surface area contributed by atoms with Crippen molar-refractivity contribution in [2.24, 2.45) is 0 Å². The van der Waals surface area contributed by atoms with Crippen LogP contribution >= 0.6 is 0 Å². The topological polar surface area (TPSA) is 49.9 Å². The first-order valence-electron chi connectivity index (χ1n) is 5.63. The molecule has 2 rings (SSSR count). The van der Waals surface area contributed by atoms with Crippen molar-refractivity contribution in [1.82, 2.24) is 15.5 Å². The summed E-state index contributed by atoms with van der Waals surface area (Å²) in [6, 6.07) is 2.65. The van der Waals surface area contributed by atoms with Crippen LogP contribution in [0.2, 0.25) is 0 Å². The minimum Gasteiger partial charge on any atom is -0.381 e. The number of methoxy groups -OCH3 is 1. The largest absolute Gasteiger partial charge is 0.381 e. The van der Waals surface area contributed by atoms with E-state index in [9.17, 15) is 0 Å².